The molecule has 2 heteroatoms. The molecule has 8 atom stereocenters. The van der Waals surface area contributed by atoms with Gasteiger partial charge in [0, 0.05) is 18.2 Å². The van der Waals surface area contributed by atoms with Gasteiger partial charge in [0.15, 0.2) is 0 Å². The molecule has 5 aliphatic carbocycles. The zero-order valence-electron chi connectivity index (χ0n) is 16.4. The van der Waals surface area contributed by atoms with E-state index in [4.69, 9.17) is 4.74 Å². The van der Waals surface area contributed by atoms with Crippen LogP contribution in [-0.2, 0) is 4.74 Å². The Morgan fingerprint density at radius 1 is 1.15 bits per heavy atom. The van der Waals surface area contributed by atoms with Crippen LogP contribution in [0.25, 0.3) is 0 Å². The number of aliphatic imine (C=N–C) groups is 1. The lowest BCUT2D eigenvalue weighted by Gasteiger charge is -2.57. The maximum absolute atomic E-state index is 6.49. The van der Waals surface area contributed by atoms with Crippen molar-refractivity contribution in [3.8, 4) is 0 Å². The lowest BCUT2D eigenvalue weighted by Crippen LogP contribution is -2.54. The first kappa shape index (κ1) is 16.1. The van der Waals surface area contributed by atoms with Crippen molar-refractivity contribution in [2.24, 2.45) is 45.9 Å². The summed E-state index contributed by atoms with van der Waals surface area (Å²) in [4.78, 5) is 4.54. The Kier molecular flexibility index (Phi) is 3.31. The number of nitrogens with zero attached hydrogens (tertiary/aromatic N) is 1. The predicted octanol–water partition coefficient (Wildman–Crippen LogP) is 5.20. The van der Waals surface area contributed by atoms with Crippen LogP contribution in [0.3, 0.4) is 0 Å². The van der Waals surface area contributed by atoms with Crippen molar-refractivity contribution in [3.63, 3.8) is 0 Å². The van der Waals surface area contributed by atoms with Gasteiger partial charge in [-0.15, -0.1) is 0 Å². The van der Waals surface area contributed by atoms with Gasteiger partial charge in [0.05, 0.1) is 12.2 Å². The predicted molar refractivity (Wildman–Crippen MR) is 105 cm³/mol. The zero-order chi connectivity index (χ0) is 17.5. The van der Waals surface area contributed by atoms with Gasteiger partial charge in [0.25, 0.3) is 0 Å². The molecule has 140 valence electrons. The molecule has 6 rings (SSSR count). The number of hydrogen-bond acceptors (Lipinski definition) is 2. The van der Waals surface area contributed by atoms with E-state index in [2.05, 4.69) is 30.1 Å². The van der Waals surface area contributed by atoms with Crippen LogP contribution in [0.4, 0.5) is 0 Å². The van der Waals surface area contributed by atoms with Crippen LogP contribution in [0.15, 0.2) is 28.8 Å². The van der Waals surface area contributed by atoms with Gasteiger partial charge in [0.1, 0.15) is 0 Å². The molecule has 4 saturated carbocycles. The van der Waals surface area contributed by atoms with E-state index in [1.54, 1.807) is 0 Å². The second-order valence-electron chi connectivity index (χ2n) is 10.0. The molecule has 1 aliphatic heterocycles. The van der Waals surface area contributed by atoms with Crippen molar-refractivity contribution in [2.75, 3.05) is 13.7 Å². The SMILES string of the molecule is CCC12CCC3C4CCC(=NC)C=C4C4CC4C3C1CCC21C=CCO1. The third kappa shape index (κ3) is 1.81. The minimum absolute atomic E-state index is 0.0898. The van der Waals surface area contributed by atoms with Crippen molar-refractivity contribution in [1.29, 1.82) is 0 Å². The molecule has 6 aliphatic rings. The van der Waals surface area contributed by atoms with Crippen LogP contribution >= 0.6 is 0 Å². The van der Waals surface area contributed by atoms with Gasteiger partial charge >= 0.3 is 0 Å². The second kappa shape index (κ2) is 5.34. The Bertz CT molecular complexity index is 720. The molecule has 1 spiro atoms. The lowest BCUT2D eigenvalue weighted by atomic mass is 9.49. The summed E-state index contributed by atoms with van der Waals surface area (Å²) in [6.07, 6.45) is 18.2. The zero-order valence-corrected chi connectivity index (χ0v) is 16.4. The van der Waals surface area contributed by atoms with Crippen molar-refractivity contribution < 1.29 is 4.74 Å². The smallest absolute Gasteiger partial charge is 0.0926 e. The topological polar surface area (TPSA) is 21.6 Å². The summed E-state index contributed by atoms with van der Waals surface area (Å²) in [5, 5.41) is 0. The van der Waals surface area contributed by atoms with E-state index in [1.165, 1.54) is 57.1 Å². The number of fused-ring (bicyclic) bond motifs is 9. The van der Waals surface area contributed by atoms with Crippen LogP contribution < -0.4 is 0 Å². The van der Waals surface area contributed by atoms with E-state index in [-0.39, 0.29) is 5.60 Å². The lowest BCUT2D eigenvalue weighted by molar-refractivity contribution is -0.125. The van der Waals surface area contributed by atoms with Gasteiger partial charge in [-0.1, -0.05) is 24.6 Å². The molecule has 26 heavy (non-hydrogen) atoms. The van der Waals surface area contributed by atoms with E-state index >= 15 is 0 Å². The average molecular weight is 352 g/mol. The van der Waals surface area contributed by atoms with Crippen LogP contribution in [0.1, 0.15) is 58.3 Å². The maximum atomic E-state index is 6.49. The summed E-state index contributed by atoms with van der Waals surface area (Å²) in [7, 11) is 1.98. The standard InChI is InChI=1S/C24H33NO/c1-3-23-10-7-17-16-6-5-15(25-2)13-18(16)19-14-20(19)22(17)21(23)8-11-24(23)9-4-12-26-24/h4,9,13,16-17,19-22H,3,5-8,10-12,14H2,1-2H3. The number of hydrogen-bond donors (Lipinski definition) is 0. The highest BCUT2D eigenvalue weighted by Gasteiger charge is 2.69. The van der Waals surface area contributed by atoms with Gasteiger partial charge in [-0.3, -0.25) is 4.99 Å². The molecule has 0 radical (unpaired) electrons. The molecule has 0 saturated heterocycles. The molecule has 0 bridgehead atoms. The summed E-state index contributed by atoms with van der Waals surface area (Å²) >= 11 is 0. The fourth-order valence-corrected chi connectivity index (χ4v) is 8.74. The molecular weight excluding hydrogens is 318 g/mol. The van der Waals surface area contributed by atoms with Crippen LogP contribution in [0.2, 0.25) is 0 Å². The quantitative estimate of drug-likeness (QED) is 0.595. The molecule has 0 amide bonds. The largest absolute Gasteiger partial charge is 0.366 e. The van der Waals surface area contributed by atoms with Crippen molar-refractivity contribution >= 4 is 5.71 Å². The molecule has 0 aromatic heterocycles. The van der Waals surface area contributed by atoms with Crippen LogP contribution in [0, 0.1) is 40.9 Å². The Labute approximate surface area is 158 Å². The van der Waals surface area contributed by atoms with Crippen molar-refractivity contribution in [1.82, 2.24) is 0 Å². The minimum atomic E-state index is 0.0898. The highest BCUT2D eigenvalue weighted by molar-refractivity contribution is 5.96. The molecule has 1 heterocycles. The highest BCUT2D eigenvalue weighted by Crippen LogP contribution is 2.73. The van der Waals surface area contributed by atoms with Gasteiger partial charge in [-0.25, -0.2) is 0 Å². The number of ether oxygens (including phenoxy) is 1. The summed E-state index contributed by atoms with van der Waals surface area (Å²) in [5.41, 5.74) is 3.70. The van der Waals surface area contributed by atoms with E-state index in [9.17, 15) is 0 Å². The fraction of sp³-hybridized carbons (Fsp3) is 0.792. The first-order valence-corrected chi connectivity index (χ1v) is 11.2. The van der Waals surface area contributed by atoms with Crippen LogP contribution in [0.5, 0.6) is 0 Å². The molecule has 8 unspecified atom stereocenters. The Hall–Kier alpha value is -0.890. The molecule has 0 aromatic carbocycles. The van der Waals surface area contributed by atoms with E-state index in [1.807, 2.05) is 12.6 Å². The van der Waals surface area contributed by atoms with Crippen LogP contribution in [-0.4, -0.2) is 25.0 Å². The number of allylic oxidation sites excluding steroid dienone is 2. The third-order valence-electron chi connectivity index (χ3n) is 9.76. The van der Waals surface area contributed by atoms with Gasteiger partial charge < -0.3 is 4.74 Å². The monoisotopic (exact) mass is 351 g/mol. The minimum Gasteiger partial charge on any atom is -0.366 e. The molecule has 4 fully saturated rings. The summed E-state index contributed by atoms with van der Waals surface area (Å²) in [6, 6.07) is 0. The maximum Gasteiger partial charge on any atom is 0.0926 e. The summed E-state index contributed by atoms with van der Waals surface area (Å²) < 4.78 is 6.49. The van der Waals surface area contributed by atoms with Crippen molar-refractivity contribution in [2.45, 2.75) is 63.9 Å². The Morgan fingerprint density at radius 2 is 2.08 bits per heavy atom. The second-order valence-corrected chi connectivity index (χ2v) is 10.0. The van der Waals surface area contributed by atoms with Gasteiger partial charge in [0.2, 0.25) is 0 Å². The van der Waals surface area contributed by atoms with E-state index in [0.29, 0.717) is 5.41 Å². The van der Waals surface area contributed by atoms with Gasteiger partial charge in [-0.2, -0.15) is 0 Å². The third-order valence-corrected chi connectivity index (χ3v) is 9.76. The molecule has 0 aromatic rings. The first-order valence-electron chi connectivity index (χ1n) is 11.2. The highest BCUT2D eigenvalue weighted by atomic mass is 16.5. The first-order chi connectivity index (χ1) is 12.7. The summed E-state index contributed by atoms with van der Waals surface area (Å²) in [6.45, 7) is 3.31. The molecule has 2 nitrogen and oxygen atoms in total. The van der Waals surface area contributed by atoms with E-state index in [0.717, 1.165) is 42.1 Å². The Morgan fingerprint density at radius 3 is 2.85 bits per heavy atom. The van der Waals surface area contributed by atoms with Crippen molar-refractivity contribution in [3.05, 3.63) is 23.8 Å². The fourth-order valence-electron chi connectivity index (χ4n) is 8.74. The molecular formula is C24H33NO. The number of rotatable bonds is 1. The normalized spacial score (nSPS) is 55.3. The Balaban J connectivity index is 1.39. The van der Waals surface area contributed by atoms with E-state index < -0.39 is 0 Å². The summed E-state index contributed by atoms with van der Waals surface area (Å²) in [5.74, 6) is 5.60. The average Bonchev–Trinajstić information content (AvgIpc) is 3.24. The molecule has 0 N–H and O–H groups in total. The van der Waals surface area contributed by atoms with Gasteiger partial charge in [-0.05, 0) is 93.0 Å².